The Morgan fingerprint density at radius 1 is 0.673 bits per heavy atom. The second-order valence-electron chi connectivity index (χ2n) is 14.0. The number of benzene rings is 4. The van der Waals surface area contributed by atoms with Crippen molar-refractivity contribution in [2.24, 2.45) is 0 Å². The predicted octanol–water partition coefficient (Wildman–Crippen LogP) is 10.1. The molecule has 0 aliphatic rings. The summed E-state index contributed by atoms with van der Waals surface area (Å²) in [7, 11) is 0. The van der Waals surface area contributed by atoms with Gasteiger partial charge in [0.25, 0.3) is 0 Å². The minimum Gasteiger partial charge on any atom is -0.508 e. The maximum absolute atomic E-state index is 10.4. The van der Waals surface area contributed by atoms with E-state index in [2.05, 4.69) is 86.6 Å². The summed E-state index contributed by atoms with van der Waals surface area (Å²) in [4.78, 5) is 0. The average Bonchev–Trinajstić information content (AvgIpc) is 3.07. The molecule has 0 radical (unpaired) electrons. The van der Waals surface area contributed by atoms with Crippen LogP contribution in [0.3, 0.4) is 0 Å². The molecule has 2 N–H and O–H groups in total. The Kier molecular flexibility index (Phi) is 13.4. The maximum Gasteiger partial charge on any atom is 0.196 e. The molecule has 0 heterocycles. The molecule has 0 saturated heterocycles. The minimum absolute atomic E-state index is 0.0659. The molecule has 0 aliphatic heterocycles. The van der Waals surface area contributed by atoms with Crippen LogP contribution in [0.2, 0.25) is 0 Å². The summed E-state index contributed by atoms with van der Waals surface area (Å²) >= 11 is 0. The zero-order valence-electron chi connectivity index (χ0n) is 30.0. The molecule has 7 atom stereocenters. The smallest absolute Gasteiger partial charge is 0.196 e. The van der Waals surface area contributed by atoms with Gasteiger partial charge in [0.15, 0.2) is 12.6 Å². The van der Waals surface area contributed by atoms with Crippen LogP contribution in [0.15, 0.2) is 103 Å². The van der Waals surface area contributed by atoms with Crippen LogP contribution in [-0.2, 0) is 9.47 Å². The van der Waals surface area contributed by atoms with E-state index in [4.69, 9.17) is 14.2 Å². The number of ether oxygens (including phenoxy) is 3. The molecule has 0 aliphatic carbocycles. The van der Waals surface area contributed by atoms with E-state index in [1.807, 2.05) is 58.9 Å². The van der Waals surface area contributed by atoms with Crippen LogP contribution in [0, 0.1) is 11.3 Å². The highest BCUT2D eigenvalue weighted by molar-refractivity contribution is 5.41. The highest BCUT2D eigenvalue weighted by atomic mass is 16.7. The molecule has 6 nitrogen and oxygen atoms in total. The monoisotopic (exact) mass is 663 g/mol. The van der Waals surface area contributed by atoms with Crippen molar-refractivity contribution >= 4 is 0 Å². The Hall–Kier alpha value is -4.15. The fraction of sp³-hybridized carbons (Fsp3) is 0.419. The number of aliphatic hydroxyl groups is 1. The first kappa shape index (κ1) is 37.7. The van der Waals surface area contributed by atoms with Gasteiger partial charge in [-0.3, -0.25) is 0 Å². The molecule has 7 unspecified atom stereocenters. The third kappa shape index (κ3) is 10.7. The molecule has 260 valence electrons. The molecule has 4 rings (SSSR count). The summed E-state index contributed by atoms with van der Waals surface area (Å²) in [6.45, 7) is 14.7. The van der Waals surface area contributed by atoms with Crippen molar-refractivity contribution < 1.29 is 24.4 Å². The predicted molar refractivity (Wildman–Crippen MR) is 196 cm³/mol. The lowest BCUT2D eigenvalue weighted by Crippen LogP contribution is -2.27. The Bertz CT molecular complexity index is 1590. The van der Waals surface area contributed by atoms with Crippen molar-refractivity contribution in [2.75, 3.05) is 6.61 Å². The number of nitriles is 1. The van der Waals surface area contributed by atoms with Crippen molar-refractivity contribution in [2.45, 2.75) is 109 Å². The Balaban J connectivity index is 1.70. The van der Waals surface area contributed by atoms with E-state index < -0.39 is 11.9 Å². The Morgan fingerprint density at radius 2 is 1.16 bits per heavy atom. The lowest BCUT2D eigenvalue weighted by Gasteiger charge is -2.37. The van der Waals surface area contributed by atoms with Gasteiger partial charge in [0.1, 0.15) is 11.5 Å². The lowest BCUT2D eigenvalue weighted by atomic mass is 9.66. The van der Waals surface area contributed by atoms with Crippen molar-refractivity contribution in [3.05, 3.63) is 131 Å². The fourth-order valence-corrected chi connectivity index (χ4v) is 6.82. The number of hydrogen-bond acceptors (Lipinski definition) is 6. The van der Waals surface area contributed by atoms with Crippen LogP contribution >= 0.6 is 0 Å². The summed E-state index contributed by atoms with van der Waals surface area (Å²) in [6.07, 6.45) is -0.368. The van der Waals surface area contributed by atoms with E-state index in [0.717, 1.165) is 16.9 Å². The van der Waals surface area contributed by atoms with Gasteiger partial charge in [-0.2, -0.15) is 5.26 Å². The third-order valence-electron chi connectivity index (χ3n) is 9.25. The zero-order chi connectivity index (χ0) is 35.6. The number of aromatic hydroxyl groups is 1. The van der Waals surface area contributed by atoms with E-state index >= 15 is 0 Å². The maximum atomic E-state index is 10.4. The first-order valence-corrected chi connectivity index (χ1v) is 17.5. The molecule has 6 heteroatoms. The van der Waals surface area contributed by atoms with Crippen molar-refractivity contribution in [1.29, 1.82) is 5.26 Å². The summed E-state index contributed by atoms with van der Waals surface area (Å²) in [5, 5.41) is 30.5. The quantitative estimate of drug-likeness (QED) is 0.116. The Morgan fingerprint density at radius 3 is 1.67 bits per heavy atom. The van der Waals surface area contributed by atoms with Crippen LogP contribution < -0.4 is 4.74 Å². The van der Waals surface area contributed by atoms with E-state index in [1.54, 1.807) is 12.1 Å². The van der Waals surface area contributed by atoms with Gasteiger partial charge in [-0.25, -0.2) is 0 Å². The second kappa shape index (κ2) is 17.5. The zero-order valence-corrected chi connectivity index (χ0v) is 30.0. The SMILES string of the molecule is CCOC(C)Oc1ccc(C(C(C)c2ccc(O)cc2)C(c2ccccc2)C(C)c2ccc(C(C#N)CCC(O)OC(C)(C)C)cc2)cc1. The molecule has 0 amide bonds. The van der Waals surface area contributed by atoms with Crippen molar-refractivity contribution in [3.63, 3.8) is 0 Å². The van der Waals surface area contributed by atoms with Gasteiger partial charge in [-0.15, -0.1) is 0 Å². The van der Waals surface area contributed by atoms with E-state index in [0.29, 0.717) is 19.4 Å². The Labute approximate surface area is 293 Å². The highest BCUT2D eigenvalue weighted by Crippen LogP contribution is 2.50. The van der Waals surface area contributed by atoms with Gasteiger partial charge in [0.2, 0.25) is 0 Å². The van der Waals surface area contributed by atoms with Crippen LogP contribution in [0.4, 0.5) is 0 Å². The van der Waals surface area contributed by atoms with Gasteiger partial charge >= 0.3 is 0 Å². The normalized spacial score (nSPS) is 16.1. The summed E-state index contributed by atoms with van der Waals surface area (Å²) in [5.41, 5.74) is 5.23. The first-order chi connectivity index (χ1) is 23.4. The molecule has 4 aromatic rings. The molecular formula is C43H53NO5. The van der Waals surface area contributed by atoms with E-state index in [1.165, 1.54) is 16.7 Å². The van der Waals surface area contributed by atoms with Crippen LogP contribution in [0.25, 0.3) is 0 Å². The molecule has 4 aromatic carbocycles. The minimum atomic E-state index is -0.914. The number of aliphatic hydroxyl groups excluding tert-OH is 1. The van der Waals surface area contributed by atoms with E-state index in [9.17, 15) is 15.5 Å². The number of hydrogen-bond donors (Lipinski definition) is 2. The number of rotatable bonds is 16. The van der Waals surface area contributed by atoms with Crippen molar-refractivity contribution in [1.82, 2.24) is 0 Å². The fourth-order valence-electron chi connectivity index (χ4n) is 6.82. The lowest BCUT2D eigenvalue weighted by molar-refractivity contribution is -0.168. The summed E-state index contributed by atoms with van der Waals surface area (Å²) < 4.78 is 17.3. The van der Waals surface area contributed by atoms with Crippen LogP contribution in [-0.4, -0.2) is 35.0 Å². The first-order valence-electron chi connectivity index (χ1n) is 17.5. The number of phenols is 1. The standard InChI is InChI=1S/C43H53NO5/c1-8-47-31(4)48-39-25-20-36(21-26-39)42(30(3)33-18-23-38(45)24-19-33)41(35-12-10-9-11-13-35)29(2)32-14-16-34(17-15-32)37(28-44)22-27-40(46)49-43(5,6)7/h9-21,23-26,29-31,37,40-42,45-46H,8,22,27H2,1-7H3. The van der Waals surface area contributed by atoms with Gasteiger partial charge in [0.05, 0.1) is 17.6 Å². The van der Waals surface area contributed by atoms with E-state index in [-0.39, 0.29) is 41.6 Å². The summed E-state index contributed by atoms with van der Waals surface area (Å²) in [5.74, 6) is 1.02. The topological polar surface area (TPSA) is 91.9 Å². The van der Waals surface area contributed by atoms with Crippen LogP contribution in [0.5, 0.6) is 11.5 Å². The third-order valence-corrected chi connectivity index (χ3v) is 9.25. The molecule has 0 aromatic heterocycles. The molecule has 49 heavy (non-hydrogen) atoms. The van der Waals surface area contributed by atoms with Gasteiger partial charge < -0.3 is 24.4 Å². The molecule has 0 spiro atoms. The second-order valence-corrected chi connectivity index (χ2v) is 14.0. The van der Waals surface area contributed by atoms with Crippen LogP contribution in [0.1, 0.15) is 119 Å². The molecule has 0 bridgehead atoms. The van der Waals surface area contributed by atoms with Gasteiger partial charge in [-0.1, -0.05) is 92.7 Å². The number of phenolic OH excluding ortho intramolecular Hbond substituents is 1. The largest absolute Gasteiger partial charge is 0.508 e. The average molecular weight is 664 g/mol. The molecule has 0 saturated carbocycles. The number of nitrogens with zero attached hydrogens (tertiary/aromatic N) is 1. The highest BCUT2D eigenvalue weighted by Gasteiger charge is 2.35. The summed E-state index contributed by atoms with van der Waals surface area (Å²) in [6, 6.07) is 37.4. The molecular weight excluding hydrogens is 610 g/mol. The van der Waals surface area contributed by atoms with Crippen molar-refractivity contribution in [3.8, 4) is 17.6 Å². The van der Waals surface area contributed by atoms with Gasteiger partial charge in [0, 0.05) is 6.61 Å². The molecule has 0 fully saturated rings. The van der Waals surface area contributed by atoms with Gasteiger partial charge in [-0.05, 0) is 123 Å².